The molecule has 1 N–H and O–H groups in total. The van der Waals surface area contributed by atoms with E-state index in [1.165, 1.54) is 10.8 Å². The Kier molecular flexibility index (Phi) is 2.22. The topological polar surface area (TPSA) is 33.6 Å². The summed E-state index contributed by atoms with van der Waals surface area (Å²) in [6.45, 7) is 0. The van der Waals surface area contributed by atoms with Crippen molar-refractivity contribution in [2.75, 3.05) is 0 Å². The molecule has 0 atom stereocenters. The molecule has 5 aromatic rings. The molecule has 104 valence electrons. The molecule has 0 radical (unpaired) electrons. The van der Waals surface area contributed by atoms with E-state index in [1.807, 2.05) is 29.1 Å². The quantitative estimate of drug-likeness (QED) is 0.477. The number of hydrogen-bond donors (Lipinski definition) is 1. The van der Waals surface area contributed by atoms with Gasteiger partial charge in [-0.05, 0) is 18.2 Å². The lowest BCUT2D eigenvalue weighted by Crippen LogP contribution is -1.95. The molecule has 0 aliphatic carbocycles. The molecular formula is C19H13N3. The van der Waals surface area contributed by atoms with Crippen molar-refractivity contribution in [2.45, 2.75) is 0 Å². The summed E-state index contributed by atoms with van der Waals surface area (Å²) in [7, 11) is 0. The van der Waals surface area contributed by atoms with Gasteiger partial charge in [-0.25, -0.2) is 4.68 Å². The summed E-state index contributed by atoms with van der Waals surface area (Å²) in [5.74, 6) is 0. The lowest BCUT2D eigenvalue weighted by molar-refractivity contribution is 0.913. The van der Waals surface area contributed by atoms with Crippen LogP contribution < -0.4 is 0 Å². The third-order valence-corrected chi connectivity index (χ3v) is 4.21. The van der Waals surface area contributed by atoms with E-state index in [1.54, 1.807) is 0 Å². The third kappa shape index (κ3) is 1.48. The van der Waals surface area contributed by atoms with Gasteiger partial charge in [-0.1, -0.05) is 48.5 Å². The summed E-state index contributed by atoms with van der Waals surface area (Å²) in [5, 5.41) is 8.21. The fraction of sp³-hybridized carbons (Fsp3) is 0. The van der Waals surface area contributed by atoms with E-state index in [0.717, 1.165) is 27.6 Å². The average Bonchev–Trinajstić information content (AvgIpc) is 3.16. The van der Waals surface area contributed by atoms with Crippen LogP contribution in [-0.4, -0.2) is 14.8 Å². The van der Waals surface area contributed by atoms with Gasteiger partial charge >= 0.3 is 0 Å². The van der Waals surface area contributed by atoms with Crippen molar-refractivity contribution >= 4 is 32.7 Å². The minimum atomic E-state index is 1.07. The second kappa shape index (κ2) is 4.21. The molecule has 0 aliphatic rings. The van der Waals surface area contributed by atoms with Crippen molar-refractivity contribution in [2.24, 2.45) is 0 Å². The summed E-state index contributed by atoms with van der Waals surface area (Å²) in [6, 6.07) is 23.0. The molecule has 0 spiro atoms. The predicted molar refractivity (Wildman–Crippen MR) is 90.4 cm³/mol. The van der Waals surface area contributed by atoms with Crippen LogP contribution in [0, 0.1) is 0 Å². The second-order valence-corrected chi connectivity index (χ2v) is 5.49. The molecule has 0 unspecified atom stereocenters. The summed E-state index contributed by atoms with van der Waals surface area (Å²) in [4.78, 5) is 3.56. The largest absolute Gasteiger partial charge is 0.353 e. The first-order valence-corrected chi connectivity index (χ1v) is 7.34. The van der Waals surface area contributed by atoms with Crippen molar-refractivity contribution in [3.05, 3.63) is 72.9 Å². The minimum Gasteiger partial charge on any atom is -0.353 e. The summed E-state index contributed by atoms with van der Waals surface area (Å²) < 4.78 is 2.01. The summed E-state index contributed by atoms with van der Waals surface area (Å²) >= 11 is 0. The molecule has 3 nitrogen and oxygen atoms in total. The Morgan fingerprint density at radius 2 is 1.59 bits per heavy atom. The molecule has 2 heterocycles. The highest BCUT2D eigenvalue weighted by atomic mass is 15.3. The molecule has 3 heteroatoms. The molecule has 3 aromatic carbocycles. The Hall–Kier alpha value is -3.07. The summed E-state index contributed by atoms with van der Waals surface area (Å²) in [6.07, 6.45) is 1.92. The highest BCUT2D eigenvalue weighted by Gasteiger charge is 2.12. The Balaban J connectivity index is 1.97. The normalized spacial score (nSPS) is 11.6. The number of H-pyrrole nitrogens is 1. The molecule has 0 bridgehead atoms. The number of aromatic amines is 1. The van der Waals surface area contributed by atoms with Gasteiger partial charge in [0.05, 0.1) is 22.9 Å². The Morgan fingerprint density at radius 1 is 0.773 bits per heavy atom. The number of hydrogen-bond acceptors (Lipinski definition) is 1. The first-order valence-electron chi connectivity index (χ1n) is 7.34. The third-order valence-electron chi connectivity index (χ3n) is 4.21. The maximum atomic E-state index is 4.58. The number of fused-ring (bicyclic) bond motifs is 5. The predicted octanol–water partition coefficient (Wildman–Crippen LogP) is 4.66. The van der Waals surface area contributed by atoms with E-state index in [4.69, 9.17) is 0 Å². The van der Waals surface area contributed by atoms with Gasteiger partial charge in [0.25, 0.3) is 0 Å². The lowest BCUT2D eigenvalue weighted by atomic mass is 10.1. The standard InChI is InChI=1S/C19H13N3/c1-2-6-14(7-3-1)22-19-13(12-20-22)10-11-16-15-8-4-5-9-17(15)21-18(16)19/h1-12,21H. The van der Waals surface area contributed by atoms with E-state index in [9.17, 15) is 0 Å². The zero-order valence-electron chi connectivity index (χ0n) is 11.8. The smallest absolute Gasteiger partial charge is 0.0982 e. The number of para-hydroxylation sites is 2. The highest BCUT2D eigenvalue weighted by Crippen LogP contribution is 2.32. The monoisotopic (exact) mass is 283 g/mol. The van der Waals surface area contributed by atoms with Crippen LogP contribution in [0.25, 0.3) is 38.4 Å². The van der Waals surface area contributed by atoms with Crippen LogP contribution >= 0.6 is 0 Å². The molecule has 0 saturated carbocycles. The summed E-state index contributed by atoms with van der Waals surface area (Å²) in [5.41, 5.74) is 4.49. The van der Waals surface area contributed by atoms with Crippen molar-refractivity contribution in [3.8, 4) is 5.69 Å². The Labute approximate surface area is 126 Å². The van der Waals surface area contributed by atoms with Crippen LogP contribution in [0.3, 0.4) is 0 Å². The van der Waals surface area contributed by atoms with Crippen LogP contribution in [-0.2, 0) is 0 Å². The van der Waals surface area contributed by atoms with E-state index in [2.05, 4.69) is 58.6 Å². The molecule has 0 aliphatic heterocycles. The average molecular weight is 283 g/mol. The minimum absolute atomic E-state index is 1.07. The van der Waals surface area contributed by atoms with Crippen molar-refractivity contribution in [3.63, 3.8) is 0 Å². The maximum absolute atomic E-state index is 4.58. The van der Waals surface area contributed by atoms with Crippen LogP contribution in [0.5, 0.6) is 0 Å². The molecule has 22 heavy (non-hydrogen) atoms. The first-order chi connectivity index (χ1) is 10.9. The molecule has 0 amide bonds. The Morgan fingerprint density at radius 3 is 2.50 bits per heavy atom. The van der Waals surface area contributed by atoms with Crippen LogP contribution in [0.1, 0.15) is 0 Å². The lowest BCUT2D eigenvalue weighted by Gasteiger charge is -2.04. The fourth-order valence-electron chi connectivity index (χ4n) is 3.19. The number of benzene rings is 3. The van der Waals surface area contributed by atoms with Gasteiger partial charge in [0.2, 0.25) is 0 Å². The SMILES string of the molecule is c1ccc(-n2ncc3ccc4c5ccccc5[nH]c4c32)cc1. The van der Waals surface area contributed by atoms with E-state index in [0.29, 0.717) is 0 Å². The number of nitrogens with one attached hydrogen (secondary N) is 1. The molecule has 0 fully saturated rings. The van der Waals surface area contributed by atoms with Crippen LogP contribution in [0.4, 0.5) is 0 Å². The van der Waals surface area contributed by atoms with E-state index < -0.39 is 0 Å². The second-order valence-electron chi connectivity index (χ2n) is 5.49. The van der Waals surface area contributed by atoms with Crippen molar-refractivity contribution < 1.29 is 0 Å². The van der Waals surface area contributed by atoms with Gasteiger partial charge < -0.3 is 4.98 Å². The van der Waals surface area contributed by atoms with Crippen molar-refractivity contribution in [1.29, 1.82) is 0 Å². The van der Waals surface area contributed by atoms with E-state index in [-0.39, 0.29) is 0 Å². The fourth-order valence-corrected chi connectivity index (χ4v) is 3.19. The van der Waals surface area contributed by atoms with Crippen LogP contribution in [0.15, 0.2) is 72.9 Å². The zero-order chi connectivity index (χ0) is 14.5. The van der Waals surface area contributed by atoms with Gasteiger partial charge in [-0.3, -0.25) is 0 Å². The zero-order valence-corrected chi connectivity index (χ0v) is 11.8. The maximum Gasteiger partial charge on any atom is 0.0982 e. The van der Waals surface area contributed by atoms with Crippen LogP contribution in [0.2, 0.25) is 0 Å². The highest BCUT2D eigenvalue weighted by molar-refractivity contribution is 6.16. The molecule has 2 aromatic heterocycles. The number of aromatic nitrogens is 3. The van der Waals surface area contributed by atoms with Crippen molar-refractivity contribution in [1.82, 2.24) is 14.8 Å². The van der Waals surface area contributed by atoms with E-state index >= 15 is 0 Å². The Bertz CT molecular complexity index is 1120. The van der Waals surface area contributed by atoms with Gasteiger partial charge in [0.1, 0.15) is 0 Å². The molecular weight excluding hydrogens is 270 g/mol. The first kappa shape index (κ1) is 11.6. The molecule has 5 rings (SSSR count). The number of nitrogens with zero attached hydrogens (tertiary/aromatic N) is 2. The van der Waals surface area contributed by atoms with Gasteiger partial charge in [0, 0.05) is 21.7 Å². The van der Waals surface area contributed by atoms with Gasteiger partial charge in [0.15, 0.2) is 0 Å². The van der Waals surface area contributed by atoms with Gasteiger partial charge in [-0.2, -0.15) is 5.10 Å². The van der Waals surface area contributed by atoms with Gasteiger partial charge in [-0.15, -0.1) is 0 Å². The number of rotatable bonds is 1. The molecule has 0 saturated heterocycles.